The van der Waals surface area contributed by atoms with Crippen LogP contribution in [-0.2, 0) is 0 Å². The van der Waals surface area contributed by atoms with Gasteiger partial charge in [-0.3, -0.25) is 0 Å². The molecule has 0 aliphatic carbocycles. The Bertz CT molecular complexity index is 714. The molecule has 0 heterocycles. The van der Waals surface area contributed by atoms with Gasteiger partial charge in [-0.05, 0) is 29.8 Å². The number of hydrogen-bond acceptors (Lipinski definition) is 4. The van der Waals surface area contributed by atoms with Gasteiger partial charge < -0.3 is 10.4 Å². The smallest absolute Gasteiger partial charge is 0.143 e. The third-order valence-electron chi connectivity index (χ3n) is 3.04. The van der Waals surface area contributed by atoms with Gasteiger partial charge in [0.15, 0.2) is 0 Å². The van der Waals surface area contributed by atoms with E-state index in [2.05, 4.69) is 5.32 Å². The molecule has 2 aromatic carbocycles. The minimum atomic E-state index is -0.826. The summed E-state index contributed by atoms with van der Waals surface area (Å²) >= 11 is 0. The number of nitrogens with zero attached hydrogens (tertiary/aromatic N) is 2. The van der Waals surface area contributed by atoms with Gasteiger partial charge in [0.05, 0.1) is 23.4 Å². The van der Waals surface area contributed by atoms with Crippen molar-refractivity contribution >= 4 is 5.69 Å². The van der Waals surface area contributed by atoms with Crippen molar-refractivity contribution in [3.63, 3.8) is 0 Å². The minimum Gasteiger partial charge on any atom is -0.387 e. The highest BCUT2D eigenvalue weighted by atomic mass is 19.1. The molecule has 2 N–H and O–H groups in total. The maximum Gasteiger partial charge on any atom is 0.143 e. The minimum absolute atomic E-state index is 0.0791. The third kappa shape index (κ3) is 3.36. The van der Waals surface area contributed by atoms with Crippen LogP contribution < -0.4 is 5.32 Å². The van der Waals surface area contributed by atoms with Gasteiger partial charge in [-0.2, -0.15) is 10.5 Å². The van der Waals surface area contributed by atoms with Crippen molar-refractivity contribution in [3.8, 4) is 12.1 Å². The molecule has 0 bridgehead atoms. The molecule has 0 saturated carbocycles. The summed E-state index contributed by atoms with van der Waals surface area (Å²) in [6, 6.07) is 14.6. The number of nitriles is 2. The molecule has 0 spiro atoms. The van der Waals surface area contributed by atoms with Crippen molar-refractivity contribution in [3.05, 3.63) is 65.0 Å². The zero-order valence-electron chi connectivity index (χ0n) is 11.0. The zero-order valence-corrected chi connectivity index (χ0v) is 11.0. The van der Waals surface area contributed by atoms with E-state index >= 15 is 0 Å². The molecule has 21 heavy (non-hydrogen) atoms. The molecule has 0 aromatic heterocycles. The number of rotatable bonds is 4. The van der Waals surface area contributed by atoms with Crippen molar-refractivity contribution in [1.82, 2.24) is 0 Å². The highest BCUT2D eigenvalue weighted by Crippen LogP contribution is 2.20. The van der Waals surface area contributed by atoms with E-state index in [1.807, 2.05) is 6.07 Å². The summed E-state index contributed by atoms with van der Waals surface area (Å²) in [5, 5.41) is 30.5. The Balaban J connectivity index is 2.08. The Morgan fingerprint density at radius 2 is 1.81 bits per heavy atom. The van der Waals surface area contributed by atoms with Gasteiger partial charge in [-0.1, -0.05) is 18.2 Å². The average molecular weight is 281 g/mol. The molecule has 4 nitrogen and oxygen atoms in total. The van der Waals surface area contributed by atoms with E-state index in [4.69, 9.17) is 10.5 Å². The topological polar surface area (TPSA) is 79.8 Å². The number of aliphatic hydroxyl groups excluding tert-OH is 1. The van der Waals surface area contributed by atoms with E-state index in [-0.39, 0.29) is 12.1 Å². The van der Waals surface area contributed by atoms with Crippen LogP contribution in [0.1, 0.15) is 22.8 Å². The van der Waals surface area contributed by atoms with Crippen molar-refractivity contribution in [2.45, 2.75) is 6.10 Å². The Hall–Kier alpha value is -2.89. The molecule has 0 amide bonds. The SMILES string of the molecule is N#Cc1ccc(C(O)CNc2cccc(F)c2C#N)cc1. The maximum atomic E-state index is 13.4. The van der Waals surface area contributed by atoms with Gasteiger partial charge >= 0.3 is 0 Å². The van der Waals surface area contributed by atoms with Crippen LogP contribution >= 0.6 is 0 Å². The molecule has 0 aliphatic rings. The van der Waals surface area contributed by atoms with Gasteiger partial charge in [-0.25, -0.2) is 4.39 Å². The number of nitrogens with one attached hydrogen (secondary N) is 1. The second-order valence-electron chi connectivity index (χ2n) is 4.40. The Morgan fingerprint density at radius 3 is 2.43 bits per heavy atom. The number of anilines is 1. The van der Waals surface area contributed by atoms with Crippen LogP contribution in [0.3, 0.4) is 0 Å². The zero-order chi connectivity index (χ0) is 15.2. The van der Waals surface area contributed by atoms with E-state index in [0.717, 1.165) is 0 Å². The second-order valence-corrected chi connectivity index (χ2v) is 4.40. The van der Waals surface area contributed by atoms with E-state index < -0.39 is 11.9 Å². The van der Waals surface area contributed by atoms with Crippen LogP contribution in [0.25, 0.3) is 0 Å². The summed E-state index contributed by atoms with van der Waals surface area (Å²) in [4.78, 5) is 0. The summed E-state index contributed by atoms with van der Waals surface area (Å²) in [5.74, 6) is -0.602. The molecule has 2 rings (SSSR count). The lowest BCUT2D eigenvalue weighted by molar-refractivity contribution is 0.191. The summed E-state index contributed by atoms with van der Waals surface area (Å²) < 4.78 is 13.4. The van der Waals surface area contributed by atoms with E-state index in [1.165, 1.54) is 12.1 Å². The first-order valence-electron chi connectivity index (χ1n) is 6.26. The molecule has 1 atom stereocenters. The lowest BCUT2D eigenvalue weighted by atomic mass is 10.1. The summed E-state index contributed by atoms with van der Waals surface area (Å²) in [7, 11) is 0. The molecule has 0 radical (unpaired) electrons. The molecule has 5 heteroatoms. The first kappa shape index (κ1) is 14.5. The van der Waals surface area contributed by atoms with Gasteiger partial charge in [0.2, 0.25) is 0 Å². The fraction of sp³-hybridized carbons (Fsp3) is 0.125. The molecule has 0 fully saturated rings. The van der Waals surface area contributed by atoms with E-state index in [1.54, 1.807) is 36.4 Å². The van der Waals surface area contributed by atoms with Gasteiger partial charge in [-0.15, -0.1) is 0 Å². The van der Waals surface area contributed by atoms with Gasteiger partial charge in [0, 0.05) is 6.54 Å². The first-order chi connectivity index (χ1) is 10.2. The first-order valence-corrected chi connectivity index (χ1v) is 6.26. The molecule has 104 valence electrons. The van der Waals surface area contributed by atoms with Crippen LogP contribution in [0.15, 0.2) is 42.5 Å². The highest BCUT2D eigenvalue weighted by Gasteiger charge is 2.11. The lowest BCUT2D eigenvalue weighted by Gasteiger charge is -2.14. The number of hydrogen-bond donors (Lipinski definition) is 2. The molecule has 0 saturated heterocycles. The van der Waals surface area contributed by atoms with Crippen LogP contribution in [-0.4, -0.2) is 11.7 Å². The van der Waals surface area contributed by atoms with Crippen molar-refractivity contribution in [2.24, 2.45) is 0 Å². The van der Waals surface area contributed by atoms with Gasteiger partial charge in [0.25, 0.3) is 0 Å². The fourth-order valence-electron chi connectivity index (χ4n) is 1.89. The number of halogens is 1. The van der Waals surface area contributed by atoms with Crippen LogP contribution in [0.5, 0.6) is 0 Å². The second kappa shape index (κ2) is 6.51. The van der Waals surface area contributed by atoms with Crippen LogP contribution in [0.4, 0.5) is 10.1 Å². The van der Waals surface area contributed by atoms with Crippen LogP contribution in [0, 0.1) is 28.5 Å². The van der Waals surface area contributed by atoms with Gasteiger partial charge in [0.1, 0.15) is 17.4 Å². The molecule has 1 unspecified atom stereocenters. The Morgan fingerprint density at radius 1 is 1.10 bits per heavy atom. The molecular formula is C16H12FN3O. The Labute approximate surface area is 121 Å². The maximum absolute atomic E-state index is 13.4. The molecular weight excluding hydrogens is 269 g/mol. The summed E-state index contributed by atoms with van der Waals surface area (Å²) in [6.07, 6.45) is -0.826. The quantitative estimate of drug-likeness (QED) is 0.903. The summed E-state index contributed by atoms with van der Waals surface area (Å²) in [5.41, 5.74) is 1.40. The van der Waals surface area contributed by atoms with Crippen molar-refractivity contribution < 1.29 is 9.50 Å². The lowest BCUT2D eigenvalue weighted by Crippen LogP contribution is -2.13. The molecule has 2 aromatic rings. The van der Waals surface area contributed by atoms with Crippen LogP contribution in [0.2, 0.25) is 0 Å². The van der Waals surface area contributed by atoms with Crippen molar-refractivity contribution in [1.29, 1.82) is 10.5 Å². The highest BCUT2D eigenvalue weighted by molar-refractivity contribution is 5.58. The predicted molar refractivity (Wildman–Crippen MR) is 75.7 cm³/mol. The van der Waals surface area contributed by atoms with E-state index in [0.29, 0.717) is 16.8 Å². The fourth-order valence-corrected chi connectivity index (χ4v) is 1.89. The number of aliphatic hydroxyl groups is 1. The Kier molecular flexibility index (Phi) is 4.50. The molecule has 0 aliphatic heterocycles. The monoisotopic (exact) mass is 281 g/mol. The van der Waals surface area contributed by atoms with E-state index in [9.17, 15) is 9.50 Å². The largest absolute Gasteiger partial charge is 0.387 e. The normalized spacial score (nSPS) is 11.2. The summed E-state index contributed by atoms with van der Waals surface area (Å²) in [6.45, 7) is 0.129. The van der Waals surface area contributed by atoms with Crippen molar-refractivity contribution in [2.75, 3.05) is 11.9 Å². The predicted octanol–water partition coefficient (Wildman–Crippen LogP) is 2.71. The standard InChI is InChI=1S/C16H12FN3O/c17-14-2-1-3-15(13(14)9-19)20-10-16(21)12-6-4-11(8-18)5-7-12/h1-7,16,20-21H,10H2. The number of benzene rings is 2. The average Bonchev–Trinajstić information content (AvgIpc) is 2.52. The third-order valence-corrected chi connectivity index (χ3v) is 3.04.